The van der Waals surface area contributed by atoms with Crippen LogP contribution in [0, 0.1) is 23.2 Å². The molecule has 0 bridgehead atoms. The summed E-state index contributed by atoms with van der Waals surface area (Å²) in [4.78, 5) is 12.2. The number of carbonyl (C=O) groups is 1. The monoisotopic (exact) mass is 289 g/mol. The van der Waals surface area contributed by atoms with Gasteiger partial charge in [0.1, 0.15) is 6.10 Å². The molecule has 1 saturated heterocycles. The molecule has 0 aromatic carbocycles. The van der Waals surface area contributed by atoms with Gasteiger partial charge in [-0.05, 0) is 43.4 Å². The Hall–Kier alpha value is -1.09. The average molecular weight is 289 g/mol. The maximum Gasteiger partial charge on any atom is 0.310 e. The van der Waals surface area contributed by atoms with Crippen molar-refractivity contribution in [2.75, 3.05) is 13.1 Å². The van der Waals surface area contributed by atoms with Crippen molar-refractivity contribution in [1.29, 1.82) is 0 Å². The maximum absolute atomic E-state index is 12.2. The average Bonchev–Trinajstić information content (AvgIpc) is 2.72. The van der Waals surface area contributed by atoms with Crippen molar-refractivity contribution in [3.8, 4) is 0 Å². The van der Waals surface area contributed by atoms with E-state index in [1.807, 2.05) is 6.08 Å². The molecule has 116 valence electrons. The molecule has 3 rings (SSSR count). The van der Waals surface area contributed by atoms with Gasteiger partial charge in [-0.2, -0.15) is 0 Å². The van der Waals surface area contributed by atoms with E-state index >= 15 is 0 Å². The van der Waals surface area contributed by atoms with E-state index in [2.05, 4.69) is 25.4 Å². The molecule has 21 heavy (non-hydrogen) atoms. The first-order chi connectivity index (χ1) is 10.0. The number of fused-ring (bicyclic) bond motifs is 2. The summed E-state index contributed by atoms with van der Waals surface area (Å²) in [5.41, 5.74) is 1.69. The molecule has 3 nitrogen and oxygen atoms in total. The largest absolute Gasteiger partial charge is 0.462 e. The van der Waals surface area contributed by atoms with E-state index in [0.29, 0.717) is 23.8 Å². The lowest BCUT2D eigenvalue weighted by molar-refractivity contribution is -0.146. The van der Waals surface area contributed by atoms with Crippen LogP contribution in [-0.4, -0.2) is 25.2 Å². The van der Waals surface area contributed by atoms with Crippen molar-refractivity contribution in [2.45, 2.75) is 45.1 Å². The number of rotatable bonds is 4. The third-order valence-corrected chi connectivity index (χ3v) is 5.97. The highest BCUT2D eigenvalue weighted by Crippen LogP contribution is 2.56. The molecular weight excluding hydrogens is 262 g/mol. The second-order valence-corrected chi connectivity index (χ2v) is 7.35. The molecule has 1 N–H and O–H groups in total. The van der Waals surface area contributed by atoms with Crippen LogP contribution in [0.1, 0.15) is 39.0 Å². The fourth-order valence-electron chi connectivity index (χ4n) is 4.83. The van der Waals surface area contributed by atoms with E-state index in [-0.39, 0.29) is 18.0 Å². The summed E-state index contributed by atoms with van der Waals surface area (Å²) in [6.07, 6.45) is 7.69. The van der Waals surface area contributed by atoms with Crippen LogP contribution in [0.4, 0.5) is 0 Å². The molecule has 5 atom stereocenters. The van der Waals surface area contributed by atoms with Crippen LogP contribution >= 0.6 is 0 Å². The Morgan fingerprint density at radius 1 is 1.52 bits per heavy atom. The van der Waals surface area contributed by atoms with Crippen molar-refractivity contribution in [3.05, 3.63) is 24.8 Å². The Bertz CT molecular complexity index is 458. The smallest absolute Gasteiger partial charge is 0.310 e. The SMILES string of the molecule is C=CCNC[C@H]1C(=O)O[C@@H]2C[C@@]3(C)CCCC(=C)[C@@H]3C[C@@H]21. The first-order valence-corrected chi connectivity index (χ1v) is 8.25. The molecule has 3 aliphatic rings. The summed E-state index contributed by atoms with van der Waals surface area (Å²) in [5, 5.41) is 3.29. The molecule has 2 saturated carbocycles. The Labute approximate surface area is 127 Å². The normalized spacial score (nSPS) is 42.1. The molecule has 0 aromatic rings. The third kappa shape index (κ3) is 2.57. The number of hydrogen-bond donors (Lipinski definition) is 1. The van der Waals surface area contributed by atoms with E-state index in [4.69, 9.17) is 4.74 Å². The minimum atomic E-state index is -0.00517. The van der Waals surface area contributed by atoms with E-state index < -0.39 is 0 Å². The van der Waals surface area contributed by atoms with Crippen molar-refractivity contribution >= 4 is 5.97 Å². The van der Waals surface area contributed by atoms with Crippen molar-refractivity contribution in [3.63, 3.8) is 0 Å². The quantitative estimate of drug-likeness (QED) is 0.491. The number of esters is 1. The van der Waals surface area contributed by atoms with Crippen LogP contribution in [0.2, 0.25) is 0 Å². The van der Waals surface area contributed by atoms with E-state index in [9.17, 15) is 4.79 Å². The Kier molecular flexibility index (Phi) is 3.96. The summed E-state index contributed by atoms with van der Waals surface area (Å²) in [5.74, 6) is 0.940. The lowest BCUT2D eigenvalue weighted by atomic mass is 9.55. The van der Waals surface area contributed by atoms with Gasteiger partial charge in [0.15, 0.2) is 0 Å². The zero-order valence-corrected chi connectivity index (χ0v) is 13.1. The molecule has 1 heterocycles. The number of nitrogens with one attached hydrogen (secondary N) is 1. The molecule has 3 heteroatoms. The highest BCUT2D eigenvalue weighted by Gasteiger charge is 2.54. The van der Waals surface area contributed by atoms with Gasteiger partial charge in [-0.1, -0.05) is 25.2 Å². The van der Waals surface area contributed by atoms with Gasteiger partial charge in [-0.25, -0.2) is 0 Å². The Morgan fingerprint density at radius 3 is 3.10 bits per heavy atom. The van der Waals surface area contributed by atoms with Gasteiger partial charge < -0.3 is 10.1 Å². The second-order valence-electron chi connectivity index (χ2n) is 7.35. The highest BCUT2D eigenvalue weighted by atomic mass is 16.6. The van der Waals surface area contributed by atoms with Crippen LogP contribution in [0.25, 0.3) is 0 Å². The van der Waals surface area contributed by atoms with Crippen molar-refractivity contribution in [1.82, 2.24) is 5.32 Å². The van der Waals surface area contributed by atoms with Gasteiger partial charge in [-0.15, -0.1) is 6.58 Å². The van der Waals surface area contributed by atoms with Gasteiger partial charge >= 0.3 is 5.97 Å². The molecule has 0 amide bonds. The zero-order chi connectivity index (χ0) is 15.0. The van der Waals surface area contributed by atoms with Crippen LogP contribution < -0.4 is 5.32 Å². The Balaban J connectivity index is 1.75. The number of allylic oxidation sites excluding steroid dienone is 1. The third-order valence-electron chi connectivity index (χ3n) is 5.97. The van der Waals surface area contributed by atoms with Gasteiger partial charge in [0.25, 0.3) is 0 Å². The molecule has 3 fully saturated rings. The Morgan fingerprint density at radius 2 is 2.33 bits per heavy atom. The van der Waals surface area contributed by atoms with Gasteiger partial charge in [0, 0.05) is 19.0 Å². The van der Waals surface area contributed by atoms with Crippen molar-refractivity contribution in [2.24, 2.45) is 23.2 Å². The lowest BCUT2D eigenvalue weighted by Crippen LogP contribution is -2.45. The minimum absolute atomic E-state index is 0.00517. The minimum Gasteiger partial charge on any atom is -0.462 e. The summed E-state index contributed by atoms with van der Waals surface area (Å²) < 4.78 is 5.72. The van der Waals surface area contributed by atoms with Crippen LogP contribution in [0.5, 0.6) is 0 Å². The maximum atomic E-state index is 12.2. The topological polar surface area (TPSA) is 38.3 Å². The second kappa shape index (κ2) is 5.60. The van der Waals surface area contributed by atoms with E-state index in [1.165, 1.54) is 18.4 Å². The first kappa shape index (κ1) is 14.8. The highest BCUT2D eigenvalue weighted by molar-refractivity contribution is 5.75. The van der Waals surface area contributed by atoms with Crippen LogP contribution in [0.3, 0.4) is 0 Å². The zero-order valence-electron chi connectivity index (χ0n) is 13.1. The van der Waals surface area contributed by atoms with Crippen LogP contribution in [-0.2, 0) is 9.53 Å². The fourth-order valence-corrected chi connectivity index (χ4v) is 4.83. The molecule has 0 aromatic heterocycles. The first-order valence-electron chi connectivity index (χ1n) is 8.25. The molecule has 1 aliphatic heterocycles. The molecule has 0 spiro atoms. The summed E-state index contributed by atoms with van der Waals surface area (Å²) in [6.45, 7) is 11.9. The summed E-state index contributed by atoms with van der Waals surface area (Å²) in [7, 11) is 0. The lowest BCUT2D eigenvalue weighted by Gasteiger charge is -2.50. The molecule has 0 unspecified atom stereocenters. The molecule has 2 aliphatic carbocycles. The van der Waals surface area contributed by atoms with Crippen LogP contribution in [0.15, 0.2) is 24.8 Å². The van der Waals surface area contributed by atoms with Gasteiger partial charge in [0.2, 0.25) is 0 Å². The predicted octanol–water partition coefficient (Wildman–Crippen LogP) is 3.08. The van der Waals surface area contributed by atoms with E-state index in [0.717, 1.165) is 25.8 Å². The van der Waals surface area contributed by atoms with Gasteiger partial charge in [-0.3, -0.25) is 4.79 Å². The molecular formula is C18H27NO2. The number of carbonyl (C=O) groups excluding carboxylic acids is 1. The summed E-state index contributed by atoms with van der Waals surface area (Å²) >= 11 is 0. The van der Waals surface area contributed by atoms with Crippen molar-refractivity contribution < 1.29 is 9.53 Å². The fraction of sp³-hybridized carbons (Fsp3) is 0.722. The van der Waals surface area contributed by atoms with Gasteiger partial charge in [0.05, 0.1) is 5.92 Å². The number of hydrogen-bond acceptors (Lipinski definition) is 3. The standard InChI is InChI=1S/C18H27NO2/c1-4-8-19-11-14-13-9-15-12(2)6-5-7-18(15,3)10-16(13)21-17(14)20/h4,13-16,19H,1-2,5-11H2,3H3/t13-,14-,15+,16-,18-/m1/s1. The molecule has 0 radical (unpaired) electrons. The van der Waals surface area contributed by atoms with E-state index in [1.54, 1.807) is 0 Å². The predicted molar refractivity (Wildman–Crippen MR) is 83.7 cm³/mol. The number of ether oxygens (including phenoxy) is 1. The summed E-state index contributed by atoms with van der Waals surface area (Å²) in [6, 6.07) is 0.